The van der Waals surface area contributed by atoms with Gasteiger partial charge in [-0.2, -0.15) is 0 Å². The van der Waals surface area contributed by atoms with Gasteiger partial charge >= 0.3 is 5.69 Å². The van der Waals surface area contributed by atoms with Crippen molar-refractivity contribution in [3.05, 3.63) is 33.1 Å². The van der Waals surface area contributed by atoms with Crippen LogP contribution in [0.5, 0.6) is 0 Å². The average Bonchev–Trinajstić information content (AvgIpc) is 2.59. The van der Waals surface area contributed by atoms with Crippen LogP contribution in [0.1, 0.15) is 12.6 Å². The van der Waals surface area contributed by atoms with Crippen LogP contribution in [0.4, 0.5) is 0 Å². The molecule has 7 heteroatoms. The highest BCUT2D eigenvalue weighted by Gasteiger charge is 2.34. The molecule has 2 rings (SSSR count). The predicted octanol–water partition coefficient (Wildman–Crippen LogP) is -1.82. The molecule has 1 fully saturated rings. The second-order valence-electron chi connectivity index (χ2n) is 3.63. The Morgan fingerprint density at radius 2 is 2.31 bits per heavy atom. The lowest BCUT2D eigenvalue weighted by Gasteiger charge is -2.13. The molecule has 88 valence electrons. The number of hydrogen-bond donors (Lipinski definition) is 3. The van der Waals surface area contributed by atoms with Crippen LogP contribution in [-0.2, 0) is 4.74 Å². The number of nitrogens with one attached hydrogen (secondary N) is 1. The molecule has 16 heavy (non-hydrogen) atoms. The molecule has 1 aromatic rings. The van der Waals surface area contributed by atoms with Crippen molar-refractivity contribution in [1.29, 1.82) is 0 Å². The molecule has 0 amide bonds. The summed E-state index contributed by atoms with van der Waals surface area (Å²) in [5.74, 6) is 0. The van der Waals surface area contributed by atoms with E-state index in [-0.39, 0.29) is 13.0 Å². The summed E-state index contributed by atoms with van der Waals surface area (Å²) < 4.78 is 6.45. The molecule has 0 saturated carbocycles. The van der Waals surface area contributed by atoms with Crippen LogP contribution in [0.2, 0.25) is 0 Å². The molecule has 0 unspecified atom stereocenters. The number of ether oxygens (including phenoxy) is 1. The van der Waals surface area contributed by atoms with Crippen LogP contribution in [0, 0.1) is 0 Å². The molecule has 1 aromatic heterocycles. The number of rotatable bonds is 2. The van der Waals surface area contributed by atoms with Gasteiger partial charge in [0.2, 0.25) is 0 Å². The zero-order chi connectivity index (χ0) is 11.7. The van der Waals surface area contributed by atoms with Gasteiger partial charge in [-0.3, -0.25) is 14.3 Å². The summed E-state index contributed by atoms with van der Waals surface area (Å²) in [6.07, 6.45) is -0.649. The Labute approximate surface area is 89.9 Å². The lowest BCUT2D eigenvalue weighted by Crippen LogP contribution is -2.31. The zero-order valence-electron chi connectivity index (χ0n) is 8.37. The van der Waals surface area contributed by atoms with Gasteiger partial charge in [0, 0.05) is 18.7 Å². The van der Waals surface area contributed by atoms with E-state index in [4.69, 9.17) is 9.84 Å². The summed E-state index contributed by atoms with van der Waals surface area (Å²) in [6.45, 7) is -0.310. The largest absolute Gasteiger partial charge is 0.394 e. The van der Waals surface area contributed by atoms with E-state index in [0.717, 1.165) is 0 Å². The van der Waals surface area contributed by atoms with Crippen LogP contribution in [0.25, 0.3) is 0 Å². The molecule has 0 spiro atoms. The van der Waals surface area contributed by atoms with Crippen LogP contribution in [0.3, 0.4) is 0 Å². The molecule has 3 N–H and O–H groups in total. The first-order valence-corrected chi connectivity index (χ1v) is 4.87. The van der Waals surface area contributed by atoms with Crippen LogP contribution in [-0.4, -0.2) is 38.6 Å². The van der Waals surface area contributed by atoms with Crippen LogP contribution < -0.4 is 11.2 Å². The Balaban J connectivity index is 2.27. The third-order valence-corrected chi connectivity index (χ3v) is 2.55. The standard InChI is InChI=1S/C9H12N2O5/c12-4-6-5(13)3-8(16-6)11-2-1-7(14)10-9(11)15/h1-2,5-6,8,12-13H,3-4H2,(H,10,14,15)/t5-,6+,8-/m0/s1. The summed E-state index contributed by atoms with van der Waals surface area (Å²) in [7, 11) is 0. The van der Waals surface area contributed by atoms with E-state index < -0.39 is 29.7 Å². The van der Waals surface area contributed by atoms with E-state index in [0.29, 0.717) is 0 Å². The third kappa shape index (κ3) is 1.92. The van der Waals surface area contributed by atoms with Gasteiger partial charge in [0.25, 0.3) is 5.56 Å². The van der Waals surface area contributed by atoms with Gasteiger partial charge in [0.05, 0.1) is 12.7 Å². The molecular weight excluding hydrogens is 216 g/mol. The maximum Gasteiger partial charge on any atom is 0.330 e. The molecule has 1 aliphatic heterocycles. The summed E-state index contributed by atoms with van der Waals surface area (Å²) in [4.78, 5) is 24.3. The normalized spacial score (nSPS) is 29.5. The monoisotopic (exact) mass is 228 g/mol. The molecule has 0 aliphatic carbocycles. The van der Waals surface area contributed by atoms with E-state index in [1.807, 2.05) is 0 Å². The Hall–Kier alpha value is -1.44. The van der Waals surface area contributed by atoms with Crippen molar-refractivity contribution in [3.8, 4) is 0 Å². The van der Waals surface area contributed by atoms with E-state index in [1.165, 1.54) is 16.8 Å². The lowest BCUT2D eigenvalue weighted by molar-refractivity contribution is -0.0459. The molecule has 7 nitrogen and oxygen atoms in total. The maximum atomic E-state index is 11.4. The Bertz CT molecular complexity index is 479. The smallest absolute Gasteiger partial charge is 0.330 e. The van der Waals surface area contributed by atoms with Gasteiger partial charge < -0.3 is 14.9 Å². The Kier molecular flexibility index (Phi) is 2.90. The predicted molar refractivity (Wildman–Crippen MR) is 52.9 cm³/mol. The van der Waals surface area contributed by atoms with E-state index >= 15 is 0 Å². The van der Waals surface area contributed by atoms with Crippen molar-refractivity contribution >= 4 is 0 Å². The summed E-state index contributed by atoms with van der Waals surface area (Å²) >= 11 is 0. The van der Waals surface area contributed by atoms with Crippen molar-refractivity contribution in [3.63, 3.8) is 0 Å². The van der Waals surface area contributed by atoms with Crippen molar-refractivity contribution < 1.29 is 14.9 Å². The van der Waals surface area contributed by atoms with Crippen LogP contribution in [0.15, 0.2) is 21.9 Å². The van der Waals surface area contributed by atoms with Gasteiger partial charge in [0.15, 0.2) is 0 Å². The fraction of sp³-hybridized carbons (Fsp3) is 0.556. The molecular formula is C9H12N2O5. The van der Waals surface area contributed by atoms with Gasteiger partial charge in [-0.1, -0.05) is 0 Å². The second kappa shape index (κ2) is 4.20. The zero-order valence-corrected chi connectivity index (χ0v) is 8.37. The van der Waals surface area contributed by atoms with Crippen molar-refractivity contribution in [2.45, 2.75) is 24.9 Å². The summed E-state index contributed by atoms with van der Waals surface area (Å²) in [6, 6.07) is 1.20. The SMILES string of the molecule is O=c1ccn([C@@H]2C[C@H](O)[C@@H](CO)O2)c(=O)[nH]1. The molecule has 2 heterocycles. The van der Waals surface area contributed by atoms with E-state index in [1.54, 1.807) is 0 Å². The van der Waals surface area contributed by atoms with Crippen LogP contribution >= 0.6 is 0 Å². The molecule has 1 aliphatic rings. The highest BCUT2D eigenvalue weighted by molar-refractivity contribution is 4.88. The number of aliphatic hydroxyl groups excluding tert-OH is 2. The van der Waals surface area contributed by atoms with Gasteiger partial charge in [-0.25, -0.2) is 4.79 Å². The fourth-order valence-electron chi connectivity index (χ4n) is 1.70. The molecule has 1 saturated heterocycles. The number of nitrogens with zero attached hydrogens (tertiary/aromatic N) is 1. The Morgan fingerprint density at radius 1 is 1.56 bits per heavy atom. The van der Waals surface area contributed by atoms with E-state index in [2.05, 4.69) is 4.98 Å². The number of H-pyrrole nitrogens is 1. The minimum absolute atomic E-state index is 0.206. The summed E-state index contributed by atoms with van der Waals surface area (Å²) in [5.41, 5.74) is -1.08. The minimum Gasteiger partial charge on any atom is -0.394 e. The highest BCUT2D eigenvalue weighted by Crippen LogP contribution is 2.26. The first kappa shape index (κ1) is 11.1. The Morgan fingerprint density at radius 3 is 2.88 bits per heavy atom. The van der Waals surface area contributed by atoms with Gasteiger partial charge in [0.1, 0.15) is 12.3 Å². The van der Waals surface area contributed by atoms with Gasteiger partial charge in [-0.05, 0) is 0 Å². The fourth-order valence-corrected chi connectivity index (χ4v) is 1.70. The van der Waals surface area contributed by atoms with Gasteiger partial charge in [-0.15, -0.1) is 0 Å². The number of aliphatic hydroxyl groups is 2. The molecule has 0 radical (unpaired) electrons. The number of aromatic amines is 1. The third-order valence-electron chi connectivity index (χ3n) is 2.55. The maximum absolute atomic E-state index is 11.4. The summed E-state index contributed by atoms with van der Waals surface area (Å²) in [5, 5.41) is 18.4. The first-order chi connectivity index (χ1) is 7.61. The molecule has 3 atom stereocenters. The van der Waals surface area contributed by atoms with Crippen molar-refractivity contribution in [2.75, 3.05) is 6.61 Å². The molecule has 0 bridgehead atoms. The second-order valence-corrected chi connectivity index (χ2v) is 3.63. The quantitative estimate of drug-likeness (QED) is 0.552. The van der Waals surface area contributed by atoms with E-state index in [9.17, 15) is 14.7 Å². The highest BCUT2D eigenvalue weighted by atomic mass is 16.5. The lowest BCUT2D eigenvalue weighted by atomic mass is 10.2. The molecule has 0 aromatic carbocycles. The number of hydrogen-bond acceptors (Lipinski definition) is 5. The van der Waals surface area contributed by atoms with Crippen molar-refractivity contribution in [2.24, 2.45) is 0 Å². The minimum atomic E-state index is -0.811. The topological polar surface area (TPSA) is 105 Å². The number of aromatic nitrogens is 2. The average molecular weight is 228 g/mol. The van der Waals surface area contributed by atoms with Crippen molar-refractivity contribution in [1.82, 2.24) is 9.55 Å². The first-order valence-electron chi connectivity index (χ1n) is 4.87.